The lowest BCUT2D eigenvalue weighted by Gasteiger charge is -2.21. The van der Waals surface area contributed by atoms with Gasteiger partial charge in [0.15, 0.2) is 0 Å². The van der Waals surface area contributed by atoms with Crippen molar-refractivity contribution in [2.24, 2.45) is 5.92 Å². The second-order valence-corrected chi connectivity index (χ2v) is 4.17. The molecule has 0 amide bonds. The number of hydrogen-bond acceptors (Lipinski definition) is 5. The molecule has 1 fully saturated rings. The number of rotatable bonds is 5. The first-order valence-corrected chi connectivity index (χ1v) is 5.98. The van der Waals surface area contributed by atoms with Crippen LogP contribution >= 0.6 is 0 Å². The molecule has 5 nitrogen and oxygen atoms in total. The Morgan fingerprint density at radius 2 is 2.31 bits per heavy atom. The van der Waals surface area contributed by atoms with Crippen LogP contribution in [0.4, 0.5) is 0 Å². The summed E-state index contributed by atoms with van der Waals surface area (Å²) in [7, 11) is 0. The number of hydrogen-bond donors (Lipinski definition) is 1. The summed E-state index contributed by atoms with van der Waals surface area (Å²) in [6, 6.07) is 0. The quantitative estimate of drug-likeness (QED) is 0.814. The molecule has 16 heavy (non-hydrogen) atoms. The molecule has 1 unspecified atom stereocenters. The van der Waals surface area contributed by atoms with Crippen molar-refractivity contribution in [1.82, 2.24) is 15.5 Å². The Morgan fingerprint density at radius 3 is 3.00 bits per heavy atom. The van der Waals surface area contributed by atoms with Crippen molar-refractivity contribution in [2.45, 2.75) is 32.8 Å². The molecule has 1 N–H and O–H groups in total. The maximum Gasteiger partial charge on any atom is 0.242 e. The Hall–Kier alpha value is -0.940. The number of nitrogens with one attached hydrogen (secondary N) is 1. The minimum atomic E-state index is 0.434. The highest BCUT2D eigenvalue weighted by Gasteiger charge is 2.13. The summed E-state index contributed by atoms with van der Waals surface area (Å²) in [4.78, 5) is 0. The molecule has 1 atom stereocenters. The van der Waals surface area contributed by atoms with E-state index in [1.54, 1.807) is 0 Å². The highest BCUT2D eigenvalue weighted by molar-refractivity contribution is 4.79. The average Bonchev–Trinajstić information content (AvgIpc) is 2.78. The number of ether oxygens (including phenoxy) is 1. The summed E-state index contributed by atoms with van der Waals surface area (Å²) in [5.74, 6) is 1.89. The lowest BCUT2D eigenvalue weighted by Crippen LogP contribution is -2.32. The van der Waals surface area contributed by atoms with Crippen molar-refractivity contribution >= 4 is 0 Å². The van der Waals surface area contributed by atoms with Gasteiger partial charge in [-0.2, -0.15) is 0 Å². The van der Waals surface area contributed by atoms with E-state index in [9.17, 15) is 0 Å². The van der Waals surface area contributed by atoms with E-state index in [0.717, 1.165) is 26.1 Å². The Morgan fingerprint density at radius 1 is 1.44 bits per heavy atom. The van der Waals surface area contributed by atoms with Gasteiger partial charge >= 0.3 is 0 Å². The van der Waals surface area contributed by atoms with E-state index in [1.807, 2.05) is 6.92 Å². The standard InChI is InChI=1S/C11H19N3O2/c1-2-10-13-14-11(16-10)8-15-7-9-4-3-5-12-6-9/h9,12H,2-8H2,1H3. The van der Waals surface area contributed by atoms with Crippen molar-refractivity contribution < 1.29 is 9.15 Å². The van der Waals surface area contributed by atoms with Crippen LogP contribution in [0.3, 0.4) is 0 Å². The Balaban J connectivity index is 1.66. The van der Waals surface area contributed by atoms with Gasteiger partial charge in [0.25, 0.3) is 0 Å². The van der Waals surface area contributed by atoms with Gasteiger partial charge in [-0.15, -0.1) is 10.2 Å². The number of nitrogens with zero attached hydrogens (tertiary/aromatic N) is 2. The minimum absolute atomic E-state index is 0.434. The molecule has 90 valence electrons. The zero-order valence-electron chi connectivity index (χ0n) is 9.74. The zero-order valence-corrected chi connectivity index (χ0v) is 9.74. The van der Waals surface area contributed by atoms with Crippen LogP contribution in [-0.2, 0) is 17.8 Å². The van der Waals surface area contributed by atoms with Crippen LogP contribution in [0.1, 0.15) is 31.5 Å². The van der Waals surface area contributed by atoms with E-state index in [4.69, 9.17) is 9.15 Å². The molecule has 2 heterocycles. The summed E-state index contributed by atoms with van der Waals surface area (Å²) in [5, 5.41) is 11.2. The second-order valence-electron chi connectivity index (χ2n) is 4.17. The Bertz CT molecular complexity index is 308. The van der Waals surface area contributed by atoms with Gasteiger partial charge in [0.1, 0.15) is 6.61 Å². The first-order valence-electron chi connectivity index (χ1n) is 5.98. The molecular weight excluding hydrogens is 206 g/mol. The monoisotopic (exact) mass is 225 g/mol. The van der Waals surface area contributed by atoms with E-state index in [0.29, 0.717) is 24.3 Å². The molecule has 0 aliphatic carbocycles. The molecule has 1 aromatic rings. The minimum Gasteiger partial charge on any atom is -0.423 e. The lowest BCUT2D eigenvalue weighted by molar-refractivity contribution is 0.0645. The maximum absolute atomic E-state index is 5.58. The number of aromatic nitrogens is 2. The number of piperidine rings is 1. The van der Waals surface area contributed by atoms with Crippen LogP contribution in [-0.4, -0.2) is 29.9 Å². The van der Waals surface area contributed by atoms with Crippen molar-refractivity contribution in [3.05, 3.63) is 11.8 Å². The largest absolute Gasteiger partial charge is 0.423 e. The zero-order chi connectivity index (χ0) is 11.2. The van der Waals surface area contributed by atoms with Crippen molar-refractivity contribution in [2.75, 3.05) is 19.7 Å². The van der Waals surface area contributed by atoms with Gasteiger partial charge in [-0.05, 0) is 25.3 Å². The molecule has 2 rings (SSSR count). The SMILES string of the molecule is CCc1nnc(COCC2CCCNC2)o1. The summed E-state index contributed by atoms with van der Waals surface area (Å²) >= 11 is 0. The predicted octanol–water partition coefficient (Wildman–Crippen LogP) is 1.15. The third-order valence-electron chi connectivity index (χ3n) is 2.79. The summed E-state index contributed by atoms with van der Waals surface area (Å²) in [6.07, 6.45) is 3.27. The van der Waals surface area contributed by atoms with Crippen LogP contribution in [0.25, 0.3) is 0 Å². The molecule has 0 radical (unpaired) electrons. The van der Waals surface area contributed by atoms with Crippen LogP contribution in [0.15, 0.2) is 4.42 Å². The van der Waals surface area contributed by atoms with Gasteiger partial charge in [0.2, 0.25) is 11.8 Å². The smallest absolute Gasteiger partial charge is 0.242 e. The van der Waals surface area contributed by atoms with E-state index in [2.05, 4.69) is 15.5 Å². The lowest BCUT2D eigenvalue weighted by atomic mass is 10.0. The molecule has 1 saturated heterocycles. The number of aryl methyl sites for hydroxylation is 1. The van der Waals surface area contributed by atoms with E-state index < -0.39 is 0 Å². The molecular formula is C11H19N3O2. The molecule has 0 aromatic carbocycles. The summed E-state index contributed by atoms with van der Waals surface area (Å²) in [5.41, 5.74) is 0. The molecule has 0 bridgehead atoms. The van der Waals surface area contributed by atoms with Gasteiger partial charge in [0.05, 0.1) is 6.61 Å². The van der Waals surface area contributed by atoms with Crippen molar-refractivity contribution in [1.29, 1.82) is 0 Å². The van der Waals surface area contributed by atoms with E-state index in [-0.39, 0.29) is 0 Å². The van der Waals surface area contributed by atoms with E-state index in [1.165, 1.54) is 12.8 Å². The van der Waals surface area contributed by atoms with Gasteiger partial charge in [-0.25, -0.2) is 0 Å². The van der Waals surface area contributed by atoms with Gasteiger partial charge in [-0.1, -0.05) is 6.92 Å². The Labute approximate surface area is 95.6 Å². The normalized spacial score (nSPS) is 21.2. The molecule has 1 aromatic heterocycles. The molecule has 1 aliphatic heterocycles. The fourth-order valence-electron chi connectivity index (χ4n) is 1.87. The van der Waals surface area contributed by atoms with Crippen LogP contribution < -0.4 is 5.32 Å². The fraction of sp³-hybridized carbons (Fsp3) is 0.818. The highest BCUT2D eigenvalue weighted by atomic mass is 16.5. The average molecular weight is 225 g/mol. The van der Waals surface area contributed by atoms with Crippen LogP contribution in [0.2, 0.25) is 0 Å². The maximum atomic E-state index is 5.58. The fourth-order valence-corrected chi connectivity index (χ4v) is 1.87. The topological polar surface area (TPSA) is 60.2 Å². The van der Waals surface area contributed by atoms with Crippen LogP contribution in [0, 0.1) is 5.92 Å². The summed E-state index contributed by atoms with van der Waals surface area (Å²) in [6.45, 7) is 5.40. The van der Waals surface area contributed by atoms with Crippen LogP contribution in [0.5, 0.6) is 0 Å². The van der Waals surface area contributed by atoms with Crippen molar-refractivity contribution in [3.8, 4) is 0 Å². The highest BCUT2D eigenvalue weighted by Crippen LogP contribution is 2.11. The first-order chi connectivity index (χ1) is 7.88. The Kier molecular flexibility index (Phi) is 4.30. The third kappa shape index (κ3) is 3.28. The first kappa shape index (κ1) is 11.5. The van der Waals surface area contributed by atoms with E-state index >= 15 is 0 Å². The molecule has 0 spiro atoms. The van der Waals surface area contributed by atoms with Gasteiger partial charge < -0.3 is 14.5 Å². The summed E-state index contributed by atoms with van der Waals surface area (Å²) < 4.78 is 10.9. The van der Waals surface area contributed by atoms with Gasteiger partial charge in [-0.3, -0.25) is 0 Å². The molecule has 5 heteroatoms. The molecule has 0 saturated carbocycles. The predicted molar refractivity (Wildman–Crippen MR) is 58.9 cm³/mol. The van der Waals surface area contributed by atoms with Crippen molar-refractivity contribution in [3.63, 3.8) is 0 Å². The second kappa shape index (κ2) is 5.96. The van der Waals surface area contributed by atoms with Gasteiger partial charge in [0, 0.05) is 13.0 Å². The molecule has 1 aliphatic rings. The third-order valence-corrected chi connectivity index (χ3v) is 2.79.